The van der Waals surface area contributed by atoms with Crippen molar-refractivity contribution in [1.29, 1.82) is 0 Å². The third-order valence-corrected chi connectivity index (χ3v) is 2.90. The molecule has 0 radical (unpaired) electrons. The molecular weight excluding hydrogens is 254 g/mol. The lowest BCUT2D eigenvalue weighted by molar-refractivity contribution is -0.123. The van der Waals surface area contributed by atoms with Crippen LogP contribution in [0, 0.1) is 0 Å². The van der Waals surface area contributed by atoms with E-state index in [0.717, 1.165) is 5.75 Å². The lowest BCUT2D eigenvalue weighted by Gasteiger charge is -2.06. The van der Waals surface area contributed by atoms with Crippen LogP contribution in [0.5, 0.6) is 11.5 Å². The first-order chi connectivity index (χ1) is 9.72. The molecule has 0 saturated carbocycles. The molecule has 0 fully saturated rings. The van der Waals surface area contributed by atoms with Gasteiger partial charge in [0.05, 0.1) is 5.57 Å². The Morgan fingerprint density at radius 2 is 1.45 bits per heavy atom. The van der Waals surface area contributed by atoms with E-state index >= 15 is 0 Å². The van der Waals surface area contributed by atoms with Gasteiger partial charge in [0.1, 0.15) is 11.5 Å². The van der Waals surface area contributed by atoms with E-state index in [0.29, 0.717) is 16.9 Å². The second-order valence-corrected chi connectivity index (χ2v) is 4.32. The first-order valence-corrected chi connectivity index (χ1v) is 6.13. The minimum atomic E-state index is -0.380. The summed E-state index contributed by atoms with van der Waals surface area (Å²) >= 11 is 0. The lowest BCUT2D eigenvalue weighted by Crippen LogP contribution is -2.21. The first-order valence-electron chi connectivity index (χ1n) is 6.13. The van der Waals surface area contributed by atoms with E-state index in [1.54, 1.807) is 24.3 Å². The van der Waals surface area contributed by atoms with Crippen molar-refractivity contribution in [3.63, 3.8) is 0 Å². The maximum Gasteiger partial charge on any atom is 0.258 e. The Bertz CT molecular complexity index is 687. The molecule has 20 heavy (non-hydrogen) atoms. The maximum absolute atomic E-state index is 11.5. The van der Waals surface area contributed by atoms with Crippen LogP contribution in [0.2, 0.25) is 0 Å². The third kappa shape index (κ3) is 2.44. The molecule has 0 saturated heterocycles. The molecule has 2 aromatic rings. The van der Waals surface area contributed by atoms with Crippen LogP contribution in [-0.2, 0) is 9.59 Å². The standard InChI is InChI=1S/C16H11NO3/c18-15-10-14(16(19)17-15)11-6-8-13(9-7-11)20-12-4-2-1-3-5-12/h1-10H,(H,17,18,19). The van der Waals surface area contributed by atoms with Gasteiger partial charge in [-0.25, -0.2) is 0 Å². The molecule has 0 bridgehead atoms. The Hall–Kier alpha value is -2.88. The number of carbonyl (C=O) groups excluding carboxylic acids is 2. The summed E-state index contributed by atoms with van der Waals surface area (Å²) in [5.41, 5.74) is 1.06. The Kier molecular flexibility index (Phi) is 3.05. The number of hydrogen-bond donors (Lipinski definition) is 1. The van der Waals surface area contributed by atoms with E-state index in [4.69, 9.17) is 4.74 Å². The van der Waals surface area contributed by atoms with E-state index in [1.165, 1.54) is 6.08 Å². The summed E-state index contributed by atoms with van der Waals surface area (Å²) < 4.78 is 5.66. The SMILES string of the molecule is O=C1C=C(c2ccc(Oc3ccccc3)cc2)C(=O)N1. The zero-order valence-electron chi connectivity index (χ0n) is 10.5. The summed E-state index contributed by atoms with van der Waals surface area (Å²) in [6.45, 7) is 0. The average Bonchev–Trinajstić information content (AvgIpc) is 2.80. The van der Waals surface area contributed by atoms with E-state index in [-0.39, 0.29) is 11.8 Å². The Balaban J connectivity index is 1.80. The van der Waals surface area contributed by atoms with Gasteiger partial charge in [0.2, 0.25) is 0 Å². The van der Waals surface area contributed by atoms with Crippen LogP contribution in [-0.4, -0.2) is 11.8 Å². The number of hydrogen-bond acceptors (Lipinski definition) is 3. The van der Waals surface area contributed by atoms with Gasteiger partial charge in [0.25, 0.3) is 11.8 Å². The monoisotopic (exact) mass is 265 g/mol. The normalized spacial score (nSPS) is 13.9. The van der Waals surface area contributed by atoms with E-state index < -0.39 is 0 Å². The molecule has 1 N–H and O–H groups in total. The highest BCUT2D eigenvalue weighted by Crippen LogP contribution is 2.24. The fourth-order valence-corrected chi connectivity index (χ4v) is 1.95. The second kappa shape index (κ2) is 5.01. The van der Waals surface area contributed by atoms with Crippen molar-refractivity contribution in [2.45, 2.75) is 0 Å². The Labute approximate surface area is 115 Å². The quantitative estimate of drug-likeness (QED) is 0.867. The van der Waals surface area contributed by atoms with E-state index in [2.05, 4.69) is 5.32 Å². The highest BCUT2D eigenvalue weighted by Gasteiger charge is 2.21. The van der Waals surface area contributed by atoms with Crippen molar-refractivity contribution in [2.24, 2.45) is 0 Å². The van der Waals surface area contributed by atoms with Crippen LogP contribution in [0.1, 0.15) is 5.56 Å². The van der Waals surface area contributed by atoms with Gasteiger partial charge in [-0.2, -0.15) is 0 Å². The fraction of sp³-hybridized carbons (Fsp3) is 0. The number of imide groups is 1. The molecule has 0 atom stereocenters. The van der Waals surface area contributed by atoms with Crippen LogP contribution in [0.3, 0.4) is 0 Å². The number of amides is 2. The number of rotatable bonds is 3. The van der Waals surface area contributed by atoms with Crippen LogP contribution >= 0.6 is 0 Å². The summed E-state index contributed by atoms with van der Waals surface area (Å²) in [7, 11) is 0. The lowest BCUT2D eigenvalue weighted by atomic mass is 10.1. The van der Waals surface area contributed by atoms with Gasteiger partial charge in [0, 0.05) is 6.08 Å². The van der Waals surface area contributed by atoms with Gasteiger partial charge in [-0.1, -0.05) is 30.3 Å². The first kappa shape index (κ1) is 12.2. The van der Waals surface area contributed by atoms with Crippen LogP contribution < -0.4 is 10.1 Å². The van der Waals surface area contributed by atoms with Gasteiger partial charge in [-0.05, 0) is 29.8 Å². The van der Waals surface area contributed by atoms with Crippen molar-refractivity contribution in [3.05, 3.63) is 66.2 Å². The number of benzene rings is 2. The third-order valence-electron chi connectivity index (χ3n) is 2.90. The van der Waals surface area contributed by atoms with Crippen molar-refractivity contribution in [3.8, 4) is 11.5 Å². The van der Waals surface area contributed by atoms with E-state index in [1.807, 2.05) is 30.3 Å². The molecule has 0 aromatic heterocycles. The molecule has 4 nitrogen and oxygen atoms in total. The second-order valence-electron chi connectivity index (χ2n) is 4.32. The topological polar surface area (TPSA) is 55.4 Å². The van der Waals surface area contributed by atoms with E-state index in [9.17, 15) is 9.59 Å². The van der Waals surface area contributed by atoms with Gasteiger partial charge in [0.15, 0.2) is 0 Å². The molecular formula is C16H11NO3. The summed E-state index contributed by atoms with van der Waals surface area (Å²) in [6, 6.07) is 16.5. The maximum atomic E-state index is 11.5. The molecule has 2 amide bonds. The largest absolute Gasteiger partial charge is 0.457 e. The minimum absolute atomic E-state index is 0.369. The average molecular weight is 265 g/mol. The molecule has 0 aliphatic carbocycles. The number of carbonyl (C=O) groups is 2. The van der Waals surface area contributed by atoms with Crippen molar-refractivity contribution >= 4 is 17.4 Å². The van der Waals surface area contributed by atoms with Crippen LogP contribution in [0.25, 0.3) is 5.57 Å². The van der Waals surface area contributed by atoms with Gasteiger partial charge in [-0.3, -0.25) is 14.9 Å². The van der Waals surface area contributed by atoms with Gasteiger partial charge < -0.3 is 4.74 Å². The summed E-state index contributed by atoms with van der Waals surface area (Å²) in [4.78, 5) is 22.6. The Morgan fingerprint density at radius 1 is 0.800 bits per heavy atom. The highest BCUT2D eigenvalue weighted by atomic mass is 16.5. The van der Waals surface area contributed by atoms with Crippen molar-refractivity contribution in [1.82, 2.24) is 5.32 Å². The summed E-state index contributed by atoms with van der Waals surface area (Å²) in [5.74, 6) is 0.667. The van der Waals surface area contributed by atoms with Crippen molar-refractivity contribution < 1.29 is 14.3 Å². The van der Waals surface area contributed by atoms with Crippen molar-refractivity contribution in [2.75, 3.05) is 0 Å². The number of ether oxygens (including phenoxy) is 1. The highest BCUT2D eigenvalue weighted by molar-refractivity contribution is 6.33. The molecule has 0 unspecified atom stereocenters. The summed E-state index contributed by atoms with van der Waals surface area (Å²) in [6.07, 6.45) is 1.30. The zero-order valence-corrected chi connectivity index (χ0v) is 10.5. The number of para-hydroxylation sites is 1. The molecule has 1 heterocycles. The molecule has 3 rings (SSSR count). The molecule has 2 aromatic carbocycles. The molecule has 0 spiro atoms. The predicted molar refractivity (Wildman–Crippen MR) is 74.1 cm³/mol. The fourth-order valence-electron chi connectivity index (χ4n) is 1.95. The molecule has 98 valence electrons. The van der Waals surface area contributed by atoms with Crippen LogP contribution in [0.15, 0.2) is 60.7 Å². The predicted octanol–water partition coefficient (Wildman–Crippen LogP) is 2.52. The summed E-state index contributed by atoms with van der Waals surface area (Å²) in [5, 5.41) is 2.22. The van der Waals surface area contributed by atoms with Gasteiger partial charge in [-0.15, -0.1) is 0 Å². The molecule has 1 aliphatic heterocycles. The number of nitrogens with one attached hydrogen (secondary N) is 1. The van der Waals surface area contributed by atoms with Crippen LogP contribution in [0.4, 0.5) is 0 Å². The Morgan fingerprint density at radius 3 is 2.05 bits per heavy atom. The smallest absolute Gasteiger partial charge is 0.258 e. The minimum Gasteiger partial charge on any atom is -0.457 e. The van der Waals surface area contributed by atoms with Gasteiger partial charge >= 0.3 is 0 Å². The zero-order chi connectivity index (χ0) is 13.9. The molecule has 1 aliphatic rings. The molecule has 4 heteroatoms.